The normalized spacial score (nSPS) is 10.6. The summed E-state index contributed by atoms with van der Waals surface area (Å²) in [6, 6.07) is 10.6. The molecule has 2 rings (SSSR count). The fourth-order valence-corrected chi connectivity index (χ4v) is 1.92. The molecule has 0 aromatic heterocycles. The van der Waals surface area contributed by atoms with Gasteiger partial charge in [-0.05, 0) is 35.9 Å². The predicted molar refractivity (Wildman–Crippen MR) is 84.2 cm³/mol. The summed E-state index contributed by atoms with van der Waals surface area (Å²) in [5.74, 6) is -1.88. The zero-order chi connectivity index (χ0) is 16.1. The summed E-state index contributed by atoms with van der Waals surface area (Å²) in [5.41, 5.74) is 0.653. The summed E-state index contributed by atoms with van der Waals surface area (Å²) in [4.78, 5) is 22.7. The van der Waals surface area contributed by atoms with Gasteiger partial charge in [0.2, 0.25) is 5.91 Å². The minimum Gasteiger partial charge on any atom is -0.506 e. The highest BCUT2D eigenvalue weighted by Gasteiger charge is 2.09. The first-order chi connectivity index (χ1) is 10.5. The predicted octanol–water partition coefficient (Wildman–Crippen LogP) is 3.40. The number of halogens is 1. The zero-order valence-electron chi connectivity index (χ0n) is 11.3. The third-order valence-corrected chi connectivity index (χ3v) is 3.17. The molecule has 0 bridgehead atoms. The first kappa shape index (κ1) is 15.6. The second kappa shape index (κ2) is 6.78. The molecule has 2 aromatic rings. The molecule has 2 aromatic carbocycles. The molecule has 0 saturated heterocycles. The molecule has 0 saturated carbocycles. The number of hydrogen-bond donors (Lipinski definition) is 3. The number of aromatic hydroxyl groups is 1. The topological polar surface area (TPSA) is 86.6 Å². The summed E-state index contributed by atoms with van der Waals surface area (Å²) >= 11 is 5.96. The lowest BCUT2D eigenvalue weighted by Crippen LogP contribution is -2.09. The Morgan fingerprint density at radius 1 is 1.14 bits per heavy atom. The van der Waals surface area contributed by atoms with Crippen LogP contribution in [0.4, 0.5) is 5.69 Å². The number of benzene rings is 2. The number of anilines is 1. The van der Waals surface area contributed by atoms with E-state index < -0.39 is 11.9 Å². The van der Waals surface area contributed by atoms with Gasteiger partial charge in [0, 0.05) is 11.1 Å². The number of carbonyl (C=O) groups is 2. The second-order valence-corrected chi connectivity index (χ2v) is 4.79. The molecule has 0 heterocycles. The van der Waals surface area contributed by atoms with E-state index in [0.29, 0.717) is 10.6 Å². The van der Waals surface area contributed by atoms with Crippen molar-refractivity contribution < 1.29 is 19.8 Å². The summed E-state index contributed by atoms with van der Waals surface area (Å²) < 4.78 is 0. The van der Waals surface area contributed by atoms with Gasteiger partial charge in [-0.2, -0.15) is 0 Å². The quantitative estimate of drug-likeness (QED) is 0.596. The van der Waals surface area contributed by atoms with Crippen molar-refractivity contribution in [3.8, 4) is 5.75 Å². The molecule has 6 heteroatoms. The SMILES string of the molecule is O=C(/C=C/c1ccccc1Cl)Nc1cc(C(=O)O)ccc1O. The Morgan fingerprint density at radius 3 is 2.55 bits per heavy atom. The minimum atomic E-state index is -1.15. The standard InChI is InChI=1S/C16H12ClNO4/c17-12-4-2-1-3-10(12)6-8-15(20)18-13-9-11(16(21)22)5-7-14(13)19/h1-9,19H,(H,18,20)(H,21,22)/b8-6+. The average molecular weight is 318 g/mol. The first-order valence-electron chi connectivity index (χ1n) is 6.27. The van der Waals surface area contributed by atoms with E-state index in [2.05, 4.69) is 5.32 Å². The van der Waals surface area contributed by atoms with Gasteiger partial charge in [0.25, 0.3) is 0 Å². The van der Waals surface area contributed by atoms with Crippen LogP contribution < -0.4 is 5.32 Å². The Balaban J connectivity index is 2.14. The molecule has 0 fully saturated rings. The zero-order valence-corrected chi connectivity index (χ0v) is 12.0. The van der Waals surface area contributed by atoms with E-state index in [0.717, 1.165) is 0 Å². The Kier molecular flexibility index (Phi) is 4.80. The van der Waals surface area contributed by atoms with Gasteiger partial charge in [-0.3, -0.25) is 4.79 Å². The van der Waals surface area contributed by atoms with Gasteiger partial charge in [0.05, 0.1) is 11.3 Å². The molecule has 22 heavy (non-hydrogen) atoms. The van der Waals surface area contributed by atoms with Gasteiger partial charge < -0.3 is 15.5 Å². The van der Waals surface area contributed by atoms with Crippen LogP contribution in [0.25, 0.3) is 6.08 Å². The number of rotatable bonds is 4. The fraction of sp³-hybridized carbons (Fsp3) is 0. The van der Waals surface area contributed by atoms with Crippen molar-refractivity contribution in [3.05, 3.63) is 64.7 Å². The number of phenols is 1. The van der Waals surface area contributed by atoms with Gasteiger partial charge in [-0.1, -0.05) is 29.8 Å². The summed E-state index contributed by atoms with van der Waals surface area (Å²) in [6.45, 7) is 0. The average Bonchev–Trinajstić information content (AvgIpc) is 2.48. The molecule has 0 radical (unpaired) electrons. The molecule has 0 unspecified atom stereocenters. The Hall–Kier alpha value is -2.79. The Bertz CT molecular complexity index is 756. The van der Waals surface area contributed by atoms with Crippen molar-refractivity contribution in [2.75, 3.05) is 5.32 Å². The maximum absolute atomic E-state index is 11.8. The molecule has 0 aliphatic heterocycles. The van der Waals surface area contributed by atoms with Crippen molar-refractivity contribution >= 4 is 35.2 Å². The van der Waals surface area contributed by atoms with Crippen LogP contribution in [0.3, 0.4) is 0 Å². The van der Waals surface area contributed by atoms with Gasteiger partial charge in [-0.15, -0.1) is 0 Å². The third kappa shape index (κ3) is 3.86. The largest absolute Gasteiger partial charge is 0.506 e. The molecule has 1 amide bonds. The third-order valence-electron chi connectivity index (χ3n) is 2.82. The van der Waals surface area contributed by atoms with Crippen molar-refractivity contribution in [3.63, 3.8) is 0 Å². The van der Waals surface area contributed by atoms with Gasteiger partial charge in [0.15, 0.2) is 0 Å². The fourth-order valence-electron chi connectivity index (χ4n) is 1.72. The molecule has 112 valence electrons. The maximum Gasteiger partial charge on any atom is 0.335 e. The van der Waals surface area contributed by atoms with Gasteiger partial charge in [-0.25, -0.2) is 4.79 Å². The van der Waals surface area contributed by atoms with Gasteiger partial charge >= 0.3 is 5.97 Å². The van der Waals surface area contributed by atoms with Crippen LogP contribution >= 0.6 is 11.6 Å². The highest BCUT2D eigenvalue weighted by Crippen LogP contribution is 2.24. The highest BCUT2D eigenvalue weighted by molar-refractivity contribution is 6.32. The Morgan fingerprint density at radius 2 is 1.86 bits per heavy atom. The number of phenolic OH excluding ortho intramolecular Hbond substituents is 1. The van der Waals surface area contributed by atoms with E-state index in [4.69, 9.17) is 16.7 Å². The smallest absolute Gasteiger partial charge is 0.335 e. The lowest BCUT2D eigenvalue weighted by molar-refractivity contribution is -0.111. The molecule has 0 spiro atoms. The van der Waals surface area contributed by atoms with Crippen LogP contribution in [-0.2, 0) is 4.79 Å². The van der Waals surface area contributed by atoms with Crippen molar-refractivity contribution in [1.29, 1.82) is 0 Å². The molecule has 0 aliphatic rings. The number of carboxylic acid groups (broad SMARTS) is 1. The Labute approximate surface area is 131 Å². The number of amides is 1. The van der Waals surface area contributed by atoms with E-state index in [1.54, 1.807) is 24.3 Å². The summed E-state index contributed by atoms with van der Waals surface area (Å²) in [7, 11) is 0. The lowest BCUT2D eigenvalue weighted by Gasteiger charge is -2.06. The number of nitrogens with one attached hydrogen (secondary N) is 1. The summed E-state index contributed by atoms with van der Waals surface area (Å²) in [5, 5.41) is 21.5. The van der Waals surface area contributed by atoms with Crippen LogP contribution in [0.2, 0.25) is 5.02 Å². The molecule has 5 nitrogen and oxygen atoms in total. The minimum absolute atomic E-state index is 0.0220. The van der Waals surface area contributed by atoms with E-state index in [1.807, 2.05) is 0 Å². The van der Waals surface area contributed by atoms with E-state index in [9.17, 15) is 14.7 Å². The first-order valence-corrected chi connectivity index (χ1v) is 6.65. The molecular weight excluding hydrogens is 306 g/mol. The molecule has 3 N–H and O–H groups in total. The van der Waals surface area contributed by atoms with Crippen molar-refractivity contribution in [2.45, 2.75) is 0 Å². The van der Waals surface area contributed by atoms with Crippen LogP contribution in [0.5, 0.6) is 5.75 Å². The van der Waals surface area contributed by atoms with E-state index >= 15 is 0 Å². The number of carboxylic acids is 1. The van der Waals surface area contributed by atoms with Crippen LogP contribution in [-0.4, -0.2) is 22.1 Å². The summed E-state index contributed by atoms with van der Waals surface area (Å²) in [6.07, 6.45) is 2.77. The van der Waals surface area contributed by atoms with Crippen molar-refractivity contribution in [2.24, 2.45) is 0 Å². The van der Waals surface area contributed by atoms with Crippen LogP contribution in [0.15, 0.2) is 48.5 Å². The number of carbonyl (C=O) groups excluding carboxylic acids is 1. The maximum atomic E-state index is 11.8. The number of aromatic carboxylic acids is 1. The molecule has 0 aliphatic carbocycles. The van der Waals surface area contributed by atoms with Gasteiger partial charge in [0.1, 0.15) is 5.75 Å². The molecular formula is C16H12ClNO4. The van der Waals surface area contributed by atoms with Crippen molar-refractivity contribution in [1.82, 2.24) is 0 Å². The monoisotopic (exact) mass is 317 g/mol. The van der Waals surface area contributed by atoms with Crippen LogP contribution in [0.1, 0.15) is 15.9 Å². The number of hydrogen-bond acceptors (Lipinski definition) is 3. The molecule has 0 atom stereocenters. The second-order valence-electron chi connectivity index (χ2n) is 4.38. The van der Waals surface area contributed by atoms with Crippen LogP contribution in [0, 0.1) is 0 Å². The lowest BCUT2D eigenvalue weighted by atomic mass is 10.2. The highest BCUT2D eigenvalue weighted by atomic mass is 35.5. The van der Waals surface area contributed by atoms with E-state index in [-0.39, 0.29) is 17.0 Å². The van der Waals surface area contributed by atoms with E-state index in [1.165, 1.54) is 30.4 Å².